The largest absolute Gasteiger partial charge is 0.367 e. The molecular formula is C26H31N5. The summed E-state index contributed by atoms with van der Waals surface area (Å²) >= 11 is 0. The van der Waals surface area contributed by atoms with Gasteiger partial charge in [-0.2, -0.15) is 5.10 Å². The van der Waals surface area contributed by atoms with E-state index in [0.29, 0.717) is 6.04 Å². The number of nitrogens with one attached hydrogen (secondary N) is 1. The molecule has 2 aromatic heterocycles. The highest BCUT2D eigenvalue weighted by Crippen LogP contribution is 2.31. The second-order valence-electron chi connectivity index (χ2n) is 8.19. The Bertz CT molecular complexity index is 1090. The predicted molar refractivity (Wildman–Crippen MR) is 130 cm³/mol. The molecule has 3 aromatic rings. The first kappa shape index (κ1) is 21.0. The third-order valence-electron chi connectivity index (χ3n) is 5.93. The van der Waals surface area contributed by atoms with Crippen LogP contribution in [0.4, 0.5) is 5.82 Å². The fourth-order valence-electron chi connectivity index (χ4n) is 4.27. The van der Waals surface area contributed by atoms with Crippen molar-refractivity contribution in [3.05, 3.63) is 60.4 Å². The van der Waals surface area contributed by atoms with Crippen LogP contribution in [-0.4, -0.2) is 34.1 Å². The van der Waals surface area contributed by atoms with Crippen LogP contribution in [0.25, 0.3) is 28.0 Å². The molecule has 5 nitrogen and oxygen atoms in total. The van der Waals surface area contributed by atoms with E-state index in [1.807, 2.05) is 44.3 Å². The summed E-state index contributed by atoms with van der Waals surface area (Å²) in [6, 6.07) is 13.3. The van der Waals surface area contributed by atoms with Crippen molar-refractivity contribution in [2.75, 3.05) is 12.4 Å². The number of nitrogens with zero attached hydrogens (tertiary/aromatic N) is 4. The quantitative estimate of drug-likeness (QED) is 0.504. The third kappa shape index (κ3) is 4.93. The van der Waals surface area contributed by atoms with Gasteiger partial charge in [-0.3, -0.25) is 9.67 Å². The molecule has 160 valence electrons. The number of aliphatic imine (C=N–C) groups is 1. The fraction of sp³-hybridized carbons (Fsp3) is 0.346. The number of aromatic nitrogens is 3. The van der Waals surface area contributed by atoms with Gasteiger partial charge in [-0.15, -0.1) is 0 Å². The lowest BCUT2D eigenvalue weighted by molar-refractivity contribution is 0.462. The van der Waals surface area contributed by atoms with Crippen molar-refractivity contribution in [2.24, 2.45) is 12.0 Å². The average molecular weight is 414 g/mol. The smallest absolute Gasteiger partial charge is 0.134 e. The monoisotopic (exact) mass is 413 g/mol. The molecule has 0 aliphatic heterocycles. The normalized spacial score (nSPS) is 15.5. The molecule has 1 saturated carbocycles. The van der Waals surface area contributed by atoms with Crippen molar-refractivity contribution in [1.29, 1.82) is 0 Å². The van der Waals surface area contributed by atoms with Gasteiger partial charge in [0, 0.05) is 49.2 Å². The van der Waals surface area contributed by atoms with E-state index in [0.717, 1.165) is 39.3 Å². The highest BCUT2D eigenvalue weighted by molar-refractivity contribution is 6.11. The van der Waals surface area contributed by atoms with Crippen LogP contribution >= 0.6 is 0 Å². The molecule has 0 saturated heterocycles. The molecule has 1 aliphatic rings. The minimum atomic E-state index is 0.480. The predicted octanol–water partition coefficient (Wildman–Crippen LogP) is 6.00. The Labute approximate surface area is 185 Å². The zero-order chi connectivity index (χ0) is 21.6. The van der Waals surface area contributed by atoms with Crippen LogP contribution in [-0.2, 0) is 7.05 Å². The van der Waals surface area contributed by atoms with Crippen LogP contribution in [0.3, 0.4) is 0 Å². The third-order valence-corrected chi connectivity index (χ3v) is 5.93. The Morgan fingerprint density at radius 2 is 1.90 bits per heavy atom. The van der Waals surface area contributed by atoms with Crippen LogP contribution < -0.4 is 5.32 Å². The van der Waals surface area contributed by atoms with Gasteiger partial charge in [0.1, 0.15) is 5.82 Å². The average Bonchev–Trinajstić information content (AvgIpc) is 3.25. The minimum Gasteiger partial charge on any atom is -0.367 e. The van der Waals surface area contributed by atoms with Crippen molar-refractivity contribution in [3.63, 3.8) is 0 Å². The van der Waals surface area contributed by atoms with Crippen LogP contribution in [0.5, 0.6) is 0 Å². The summed E-state index contributed by atoms with van der Waals surface area (Å²) < 4.78 is 1.83. The Kier molecular flexibility index (Phi) is 6.60. The molecule has 1 fully saturated rings. The molecule has 0 unspecified atom stereocenters. The van der Waals surface area contributed by atoms with Crippen molar-refractivity contribution in [2.45, 2.75) is 45.1 Å². The van der Waals surface area contributed by atoms with Crippen molar-refractivity contribution >= 4 is 17.6 Å². The minimum absolute atomic E-state index is 0.480. The molecule has 1 N–H and O–H groups in total. The standard InChI is InChI=1S/C26H31N5/c1-4-19(16-27-2)24-13-14-25(30-26(24)29-23-11-6-5-7-12-23)21-10-8-9-20(15-21)22-17-28-31(3)18-22/h4,8-10,13-18,23H,5-7,11-12H2,1-3H3,(H,29,30)/b19-4+,27-16?. The Balaban J connectivity index is 1.72. The first-order valence-corrected chi connectivity index (χ1v) is 11.1. The number of anilines is 1. The van der Waals surface area contributed by atoms with E-state index in [1.54, 1.807) is 0 Å². The maximum absolute atomic E-state index is 5.09. The van der Waals surface area contributed by atoms with Crippen LogP contribution in [0.1, 0.15) is 44.6 Å². The summed E-state index contributed by atoms with van der Waals surface area (Å²) in [5.41, 5.74) is 6.51. The molecule has 4 rings (SSSR count). The summed E-state index contributed by atoms with van der Waals surface area (Å²) in [6.07, 6.45) is 14.2. The van der Waals surface area contributed by atoms with Crippen molar-refractivity contribution in [3.8, 4) is 22.4 Å². The summed E-state index contributed by atoms with van der Waals surface area (Å²) in [5.74, 6) is 0.948. The van der Waals surface area contributed by atoms with Gasteiger partial charge in [-0.1, -0.05) is 43.5 Å². The van der Waals surface area contributed by atoms with Gasteiger partial charge >= 0.3 is 0 Å². The van der Waals surface area contributed by atoms with E-state index < -0.39 is 0 Å². The van der Waals surface area contributed by atoms with Gasteiger partial charge in [-0.05, 0) is 49.1 Å². The maximum Gasteiger partial charge on any atom is 0.134 e. The lowest BCUT2D eigenvalue weighted by atomic mass is 9.95. The summed E-state index contributed by atoms with van der Waals surface area (Å²) in [7, 11) is 3.75. The van der Waals surface area contributed by atoms with Crippen molar-refractivity contribution < 1.29 is 0 Å². The molecular weight excluding hydrogens is 382 g/mol. The fourth-order valence-corrected chi connectivity index (χ4v) is 4.27. The number of allylic oxidation sites excluding steroid dienone is 2. The molecule has 0 amide bonds. The van der Waals surface area contributed by atoms with Crippen LogP contribution in [0.15, 0.2) is 59.9 Å². The number of hydrogen-bond acceptors (Lipinski definition) is 4. The summed E-state index contributed by atoms with van der Waals surface area (Å²) in [6.45, 7) is 2.05. The summed E-state index contributed by atoms with van der Waals surface area (Å²) in [5, 5.41) is 8.06. The van der Waals surface area contributed by atoms with Gasteiger partial charge < -0.3 is 5.32 Å². The highest BCUT2D eigenvalue weighted by Gasteiger charge is 2.17. The first-order chi connectivity index (χ1) is 15.2. The SMILES string of the molecule is C/C=C(\C=NC)c1ccc(-c2cccc(-c3cnn(C)c3)c2)nc1NC1CCCCC1. The van der Waals surface area contributed by atoms with Gasteiger partial charge in [0.2, 0.25) is 0 Å². The number of benzene rings is 1. The van der Waals surface area contributed by atoms with E-state index in [9.17, 15) is 0 Å². The lowest BCUT2D eigenvalue weighted by Gasteiger charge is -2.25. The van der Waals surface area contributed by atoms with Gasteiger partial charge in [0.05, 0.1) is 11.9 Å². The van der Waals surface area contributed by atoms with Crippen molar-refractivity contribution in [1.82, 2.24) is 14.8 Å². The zero-order valence-corrected chi connectivity index (χ0v) is 18.7. The van der Waals surface area contributed by atoms with Gasteiger partial charge in [0.25, 0.3) is 0 Å². The van der Waals surface area contributed by atoms with Gasteiger partial charge in [-0.25, -0.2) is 4.98 Å². The maximum atomic E-state index is 5.09. The first-order valence-electron chi connectivity index (χ1n) is 11.1. The second kappa shape index (κ2) is 9.73. The lowest BCUT2D eigenvalue weighted by Crippen LogP contribution is -2.23. The van der Waals surface area contributed by atoms with Crippen LogP contribution in [0, 0.1) is 0 Å². The van der Waals surface area contributed by atoms with Gasteiger partial charge in [0.15, 0.2) is 0 Å². The molecule has 5 heteroatoms. The molecule has 0 spiro atoms. The van der Waals surface area contributed by atoms with Crippen LogP contribution in [0.2, 0.25) is 0 Å². The molecule has 0 bridgehead atoms. The number of hydrogen-bond donors (Lipinski definition) is 1. The molecule has 31 heavy (non-hydrogen) atoms. The molecule has 0 radical (unpaired) electrons. The molecule has 2 heterocycles. The van der Waals surface area contributed by atoms with E-state index in [2.05, 4.69) is 57.9 Å². The number of rotatable bonds is 6. The Morgan fingerprint density at radius 1 is 1.10 bits per heavy atom. The van der Waals surface area contributed by atoms with E-state index >= 15 is 0 Å². The number of aryl methyl sites for hydroxylation is 1. The number of pyridine rings is 1. The van der Waals surface area contributed by atoms with E-state index in [4.69, 9.17) is 4.98 Å². The highest BCUT2D eigenvalue weighted by atomic mass is 15.2. The Hall–Kier alpha value is -3.21. The molecule has 0 atom stereocenters. The van der Waals surface area contributed by atoms with E-state index in [-0.39, 0.29) is 0 Å². The molecule has 1 aromatic carbocycles. The second-order valence-corrected chi connectivity index (χ2v) is 8.19. The molecule has 1 aliphatic carbocycles. The Morgan fingerprint density at radius 3 is 2.61 bits per heavy atom. The van der Waals surface area contributed by atoms with E-state index in [1.165, 1.54) is 32.1 Å². The summed E-state index contributed by atoms with van der Waals surface area (Å²) in [4.78, 5) is 9.34. The zero-order valence-electron chi connectivity index (χ0n) is 18.7. The topological polar surface area (TPSA) is 55.1 Å².